The second kappa shape index (κ2) is 7.46. The minimum absolute atomic E-state index is 0.124. The Kier molecular flexibility index (Phi) is 5.33. The molecule has 0 spiro atoms. The predicted octanol–water partition coefficient (Wildman–Crippen LogP) is 3.73. The third kappa shape index (κ3) is 3.38. The van der Waals surface area contributed by atoms with Crippen LogP contribution in [0.1, 0.15) is 21.7 Å². The molecule has 0 aliphatic rings. The number of carbonyl (C=O) groups is 1. The molecule has 0 saturated carbocycles. The van der Waals surface area contributed by atoms with Gasteiger partial charge in [-0.05, 0) is 31.4 Å². The molecule has 3 aromatic rings. The summed E-state index contributed by atoms with van der Waals surface area (Å²) in [6.07, 6.45) is 1.56. The minimum Gasteiger partial charge on any atom is -0.383 e. The van der Waals surface area contributed by atoms with E-state index in [1.807, 2.05) is 31.4 Å². The van der Waals surface area contributed by atoms with Gasteiger partial charge in [-0.15, -0.1) is 11.3 Å². The number of thioether (sulfide) groups is 1. The van der Waals surface area contributed by atoms with Gasteiger partial charge in [0.15, 0.2) is 5.78 Å². The van der Waals surface area contributed by atoms with Crippen molar-refractivity contribution in [2.75, 3.05) is 19.5 Å². The minimum atomic E-state index is 0.124. The molecule has 0 unspecified atom stereocenters. The third-order valence-corrected chi connectivity index (χ3v) is 5.78. The van der Waals surface area contributed by atoms with Crippen molar-refractivity contribution in [3.63, 3.8) is 0 Å². The first-order valence-electron chi connectivity index (χ1n) is 7.61. The smallest absolute Gasteiger partial charge is 0.174 e. The molecule has 0 aromatic carbocycles. The third-order valence-electron chi connectivity index (χ3n) is 3.96. The Bertz CT molecular complexity index is 870. The Morgan fingerprint density at radius 1 is 1.38 bits per heavy atom. The van der Waals surface area contributed by atoms with E-state index in [4.69, 9.17) is 4.74 Å². The number of rotatable bonds is 7. The molecular formula is C17H19N3O2S2. The Balaban J connectivity index is 1.75. The summed E-state index contributed by atoms with van der Waals surface area (Å²) in [5.41, 5.74) is 2.87. The van der Waals surface area contributed by atoms with Gasteiger partial charge in [0.1, 0.15) is 16.2 Å². The lowest BCUT2D eigenvalue weighted by molar-refractivity contribution is 0.102. The van der Waals surface area contributed by atoms with Crippen LogP contribution < -0.4 is 0 Å². The van der Waals surface area contributed by atoms with Crippen molar-refractivity contribution in [2.45, 2.75) is 25.4 Å². The van der Waals surface area contributed by atoms with E-state index in [2.05, 4.69) is 14.5 Å². The maximum atomic E-state index is 12.6. The van der Waals surface area contributed by atoms with Crippen molar-refractivity contribution >= 4 is 39.1 Å². The molecule has 3 heterocycles. The fraction of sp³-hybridized carbons (Fsp3) is 0.353. The number of thiophene rings is 1. The molecule has 24 heavy (non-hydrogen) atoms. The van der Waals surface area contributed by atoms with Gasteiger partial charge in [-0.25, -0.2) is 9.97 Å². The number of hydrogen-bond acceptors (Lipinski definition) is 6. The fourth-order valence-electron chi connectivity index (χ4n) is 2.70. The number of ketones is 1. The van der Waals surface area contributed by atoms with Crippen LogP contribution >= 0.6 is 23.1 Å². The van der Waals surface area contributed by atoms with E-state index in [1.165, 1.54) is 11.8 Å². The summed E-state index contributed by atoms with van der Waals surface area (Å²) in [6.45, 7) is 5.40. The largest absolute Gasteiger partial charge is 0.383 e. The first-order chi connectivity index (χ1) is 11.6. The molecule has 0 aliphatic heterocycles. The zero-order chi connectivity index (χ0) is 17.1. The average Bonchev–Trinajstić information content (AvgIpc) is 3.16. The zero-order valence-corrected chi connectivity index (χ0v) is 15.5. The van der Waals surface area contributed by atoms with Crippen LogP contribution in [0.5, 0.6) is 0 Å². The molecular weight excluding hydrogens is 342 g/mol. The van der Waals surface area contributed by atoms with E-state index in [9.17, 15) is 4.79 Å². The molecule has 0 fully saturated rings. The van der Waals surface area contributed by atoms with E-state index in [0.29, 0.717) is 12.4 Å². The highest BCUT2D eigenvalue weighted by Crippen LogP contribution is 2.28. The van der Waals surface area contributed by atoms with E-state index < -0.39 is 0 Å². The first kappa shape index (κ1) is 17.1. The zero-order valence-electron chi connectivity index (χ0n) is 13.9. The quantitative estimate of drug-likeness (QED) is 0.365. The number of Topliss-reactive ketones (excluding diaryl/α,β-unsaturated/α-hetero) is 1. The molecule has 0 N–H and O–H groups in total. The molecule has 7 heteroatoms. The van der Waals surface area contributed by atoms with Crippen molar-refractivity contribution in [3.05, 3.63) is 40.8 Å². The van der Waals surface area contributed by atoms with Crippen molar-refractivity contribution < 1.29 is 9.53 Å². The van der Waals surface area contributed by atoms with Gasteiger partial charge in [0.25, 0.3) is 0 Å². The van der Waals surface area contributed by atoms with Crippen molar-refractivity contribution in [1.29, 1.82) is 0 Å². The Hall–Kier alpha value is -1.70. The summed E-state index contributed by atoms with van der Waals surface area (Å²) in [5, 5.41) is 3.88. The number of ether oxygens (including phenoxy) is 1. The van der Waals surface area contributed by atoms with Crippen LogP contribution in [-0.2, 0) is 11.3 Å². The van der Waals surface area contributed by atoms with Crippen LogP contribution in [0.4, 0.5) is 0 Å². The number of nitrogens with zero attached hydrogens (tertiary/aromatic N) is 3. The molecule has 0 aliphatic carbocycles. The van der Waals surface area contributed by atoms with Crippen molar-refractivity contribution in [1.82, 2.24) is 14.5 Å². The van der Waals surface area contributed by atoms with Crippen molar-refractivity contribution in [2.24, 2.45) is 0 Å². The summed E-state index contributed by atoms with van der Waals surface area (Å²) >= 11 is 3.05. The topological polar surface area (TPSA) is 57.0 Å². The molecule has 0 amide bonds. The van der Waals surface area contributed by atoms with Gasteiger partial charge in [0.05, 0.1) is 12.4 Å². The number of methoxy groups -OCH3 is 1. The van der Waals surface area contributed by atoms with Crippen LogP contribution in [-0.4, -0.2) is 39.8 Å². The van der Waals surface area contributed by atoms with Gasteiger partial charge >= 0.3 is 0 Å². The average molecular weight is 361 g/mol. The number of aryl methyl sites for hydroxylation is 1. The lowest BCUT2D eigenvalue weighted by atomic mass is 10.2. The molecule has 5 nitrogen and oxygen atoms in total. The highest BCUT2D eigenvalue weighted by Gasteiger charge is 2.16. The summed E-state index contributed by atoms with van der Waals surface area (Å²) in [7, 11) is 1.68. The Morgan fingerprint density at radius 2 is 2.21 bits per heavy atom. The van der Waals surface area contributed by atoms with Gasteiger partial charge in [-0.2, -0.15) is 0 Å². The van der Waals surface area contributed by atoms with E-state index in [0.717, 1.165) is 38.7 Å². The summed E-state index contributed by atoms with van der Waals surface area (Å²) in [5.74, 6) is 0.495. The van der Waals surface area contributed by atoms with E-state index in [1.54, 1.807) is 24.8 Å². The fourth-order valence-corrected chi connectivity index (χ4v) is 4.37. The number of aromatic nitrogens is 3. The first-order valence-corrected chi connectivity index (χ1v) is 9.48. The second-order valence-corrected chi connectivity index (χ2v) is 7.32. The van der Waals surface area contributed by atoms with Gasteiger partial charge in [0.2, 0.25) is 0 Å². The summed E-state index contributed by atoms with van der Waals surface area (Å²) in [6, 6.07) is 3.97. The van der Waals surface area contributed by atoms with Crippen LogP contribution in [0, 0.1) is 13.8 Å². The van der Waals surface area contributed by atoms with Gasteiger partial charge in [0, 0.05) is 36.0 Å². The number of fused-ring (bicyclic) bond motifs is 1. The Morgan fingerprint density at radius 3 is 3.00 bits per heavy atom. The maximum absolute atomic E-state index is 12.6. The molecule has 0 bridgehead atoms. The number of carbonyl (C=O) groups excluding carboxylic acids is 1. The Labute approximate surface area is 149 Å². The van der Waals surface area contributed by atoms with Crippen LogP contribution in [0.3, 0.4) is 0 Å². The lowest BCUT2D eigenvalue weighted by Crippen LogP contribution is -2.09. The van der Waals surface area contributed by atoms with Crippen LogP contribution in [0.2, 0.25) is 0 Å². The van der Waals surface area contributed by atoms with Crippen molar-refractivity contribution in [3.8, 4) is 0 Å². The van der Waals surface area contributed by atoms with Gasteiger partial charge < -0.3 is 9.30 Å². The molecule has 3 rings (SSSR count). The monoisotopic (exact) mass is 361 g/mol. The predicted molar refractivity (Wildman–Crippen MR) is 98.3 cm³/mol. The second-order valence-electron chi connectivity index (χ2n) is 5.46. The van der Waals surface area contributed by atoms with E-state index in [-0.39, 0.29) is 5.78 Å². The lowest BCUT2D eigenvalue weighted by Gasteiger charge is -2.08. The summed E-state index contributed by atoms with van der Waals surface area (Å²) in [4.78, 5) is 22.2. The van der Waals surface area contributed by atoms with Gasteiger partial charge in [-0.3, -0.25) is 4.79 Å². The highest BCUT2D eigenvalue weighted by molar-refractivity contribution is 8.00. The maximum Gasteiger partial charge on any atom is 0.174 e. The van der Waals surface area contributed by atoms with Crippen LogP contribution in [0.25, 0.3) is 10.2 Å². The van der Waals surface area contributed by atoms with Gasteiger partial charge in [-0.1, -0.05) is 11.8 Å². The normalized spacial score (nSPS) is 11.3. The highest BCUT2D eigenvalue weighted by atomic mass is 32.2. The molecule has 0 saturated heterocycles. The van der Waals surface area contributed by atoms with Crippen LogP contribution in [0.15, 0.2) is 28.9 Å². The molecule has 0 radical (unpaired) electrons. The standard InChI is InChI=1S/C17H19N3O2S2/c1-11-8-14(12(2)20(11)5-6-22-3)15(21)9-24-17-13-4-7-23-16(13)18-10-19-17/h4,7-8,10H,5-6,9H2,1-3H3. The molecule has 3 aromatic heterocycles. The molecule has 0 atom stereocenters. The summed E-state index contributed by atoms with van der Waals surface area (Å²) < 4.78 is 7.27. The van der Waals surface area contributed by atoms with E-state index >= 15 is 0 Å². The molecule has 126 valence electrons. The SMILES string of the molecule is COCCn1c(C)cc(C(=O)CSc2ncnc3sccc23)c1C. The number of hydrogen-bond donors (Lipinski definition) is 0.